The Kier molecular flexibility index (Phi) is 5.63. The number of fused-ring (bicyclic) bond motifs is 1. The number of ether oxygens (including phenoxy) is 1. The van der Waals surface area contributed by atoms with Crippen LogP contribution in [0.15, 0.2) is 50.6 Å². The fourth-order valence-electron chi connectivity index (χ4n) is 3.55. The first-order valence-corrected chi connectivity index (χ1v) is 12.2. The smallest absolute Gasteiger partial charge is 0.332 e. The molecule has 0 atom stereocenters. The molecule has 1 aliphatic carbocycles. The normalized spacial score (nSPS) is 14.6. The maximum Gasteiger partial charge on any atom is 0.332 e. The van der Waals surface area contributed by atoms with Gasteiger partial charge in [-0.25, -0.2) is 9.78 Å². The van der Waals surface area contributed by atoms with Gasteiger partial charge in [0.1, 0.15) is 4.83 Å². The molecule has 1 aliphatic rings. The summed E-state index contributed by atoms with van der Waals surface area (Å²) >= 11 is 2.98. The Hall–Kier alpha value is -2.89. The molecule has 0 spiro atoms. The Morgan fingerprint density at radius 2 is 2.00 bits per heavy atom. The highest BCUT2D eigenvalue weighted by atomic mass is 32.2. The lowest BCUT2D eigenvalue weighted by Gasteiger charge is -2.12. The van der Waals surface area contributed by atoms with E-state index in [9.17, 15) is 9.59 Å². The molecule has 0 unspecified atom stereocenters. The number of methoxy groups -OCH3 is 1. The maximum absolute atomic E-state index is 13.5. The van der Waals surface area contributed by atoms with E-state index >= 15 is 0 Å². The van der Waals surface area contributed by atoms with Crippen LogP contribution in [0.25, 0.3) is 10.2 Å². The van der Waals surface area contributed by atoms with E-state index in [-0.39, 0.29) is 23.3 Å². The lowest BCUT2D eigenvalue weighted by Crippen LogP contribution is -2.40. The molecule has 4 aromatic rings. The van der Waals surface area contributed by atoms with Crippen LogP contribution >= 0.6 is 23.3 Å². The van der Waals surface area contributed by atoms with Crippen molar-refractivity contribution in [2.45, 2.75) is 42.6 Å². The predicted octanol–water partition coefficient (Wildman–Crippen LogP) is 2.61. The third kappa shape index (κ3) is 4.48. The number of hydrogen-bond acceptors (Lipinski definition) is 8. The number of aryl methyl sites for hydroxylation is 1. The third-order valence-corrected chi connectivity index (χ3v) is 8.09. The van der Waals surface area contributed by atoms with Crippen molar-refractivity contribution >= 4 is 33.5 Å². The molecule has 172 valence electrons. The zero-order valence-corrected chi connectivity index (χ0v) is 20.2. The van der Waals surface area contributed by atoms with E-state index < -0.39 is 0 Å². The second kappa shape index (κ2) is 8.47. The van der Waals surface area contributed by atoms with Gasteiger partial charge < -0.3 is 4.74 Å². The quantitative estimate of drug-likeness (QED) is 0.384. The van der Waals surface area contributed by atoms with Crippen molar-refractivity contribution in [2.75, 3.05) is 7.11 Å². The summed E-state index contributed by atoms with van der Waals surface area (Å²) in [5, 5.41) is 4.70. The topological polar surface area (TPSA) is 96.0 Å². The largest absolute Gasteiger partial charge is 0.481 e. The molecule has 1 saturated carbocycles. The Bertz CT molecular complexity index is 1450. The molecule has 0 aliphatic heterocycles. The minimum Gasteiger partial charge on any atom is -0.481 e. The lowest BCUT2D eigenvalue weighted by atomic mass is 10.2. The van der Waals surface area contributed by atoms with Gasteiger partial charge in [0.25, 0.3) is 5.56 Å². The summed E-state index contributed by atoms with van der Waals surface area (Å²) in [6.07, 6.45) is 7.40. The average molecular weight is 485 g/mol. The first-order chi connectivity index (χ1) is 15.8. The van der Waals surface area contributed by atoms with Gasteiger partial charge in [-0.15, -0.1) is 11.3 Å². The Morgan fingerprint density at radius 1 is 1.21 bits per heavy atom. The van der Waals surface area contributed by atoms with Crippen molar-refractivity contribution in [3.63, 3.8) is 0 Å². The summed E-state index contributed by atoms with van der Waals surface area (Å²) in [4.78, 5) is 31.7. The molecule has 33 heavy (non-hydrogen) atoms. The monoisotopic (exact) mass is 484 g/mol. The van der Waals surface area contributed by atoms with Crippen molar-refractivity contribution in [1.29, 1.82) is 0 Å². The maximum atomic E-state index is 13.5. The fraction of sp³-hybridized carbons (Fsp3) is 0.364. The minimum atomic E-state index is -0.354. The van der Waals surface area contributed by atoms with Crippen LogP contribution in [0.4, 0.5) is 0 Å². The Morgan fingerprint density at radius 3 is 2.70 bits per heavy atom. The number of rotatable bonds is 8. The molecular formula is C22H24N6O3S2. The molecule has 11 heteroatoms. The number of hydrogen-bond donors (Lipinski definition) is 1. The van der Waals surface area contributed by atoms with Crippen LogP contribution < -0.4 is 20.7 Å². The molecule has 1 fully saturated rings. The van der Waals surface area contributed by atoms with Crippen molar-refractivity contribution in [2.24, 2.45) is 7.05 Å². The van der Waals surface area contributed by atoms with Gasteiger partial charge in [-0.05, 0) is 49.4 Å². The standard InChI is InChI=1S/C22H24N6O3S2/c1-22(5-6-22)25-33-18-9-16-19(29)27(13-15-10-24-26(2)11-15)21(30)28(20(16)32-18)12-14-4-7-23-17(8-14)31-3/h4,7-11,25H,5-6,12-13H2,1-3H3. The van der Waals surface area contributed by atoms with Crippen LogP contribution in [-0.2, 0) is 20.1 Å². The fourth-order valence-corrected chi connectivity index (χ4v) is 5.68. The van der Waals surface area contributed by atoms with Crippen molar-refractivity contribution in [3.8, 4) is 5.88 Å². The number of aromatic nitrogens is 5. The van der Waals surface area contributed by atoms with Crippen LogP contribution in [0.2, 0.25) is 0 Å². The molecule has 4 aromatic heterocycles. The van der Waals surface area contributed by atoms with Gasteiger partial charge in [-0.1, -0.05) is 0 Å². The van der Waals surface area contributed by atoms with Crippen LogP contribution in [0.5, 0.6) is 5.88 Å². The van der Waals surface area contributed by atoms with Gasteiger partial charge >= 0.3 is 5.69 Å². The number of pyridine rings is 1. The van der Waals surface area contributed by atoms with E-state index in [0.29, 0.717) is 22.6 Å². The summed E-state index contributed by atoms with van der Waals surface area (Å²) in [7, 11) is 3.36. The van der Waals surface area contributed by atoms with Crippen LogP contribution in [0.1, 0.15) is 30.9 Å². The second-order valence-electron chi connectivity index (χ2n) is 8.54. The molecule has 0 radical (unpaired) electrons. The summed E-state index contributed by atoms with van der Waals surface area (Å²) < 4.78 is 14.3. The van der Waals surface area contributed by atoms with Gasteiger partial charge in [0, 0.05) is 36.6 Å². The van der Waals surface area contributed by atoms with E-state index in [1.807, 2.05) is 18.3 Å². The number of nitrogens with zero attached hydrogens (tertiary/aromatic N) is 5. The molecule has 0 aromatic carbocycles. The SMILES string of the molecule is COc1cc(Cn2c(=O)n(Cc3cnn(C)c3)c(=O)c3cc(SNC4(C)CC4)sc32)ccn1. The summed E-state index contributed by atoms with van der Waals surface area (Å²) in [5.41, 5.74) is 1.16. The van der Waals surface area contributed by atoms with E-state index in [1.54, 1.807) is 41.9 Å². The van der Waals surface area contributed by atoms with Gasteiger partial charge in [-0.3, -0.25) is 23.3 Å². The molecular weight excluding hydrogens is 460 g/mol. The molecule has 1 N–H and O–H groups in total. The van der Waals surface area contributed by atoms with Gasteiger partial charge in [0.05, 0.1) is 36.0 Å². The molecule has 4 heterocycles. The lowest BCUT2D eigenvalue weighted by molar-refractivity contribution is 0.397. The first kappa shape index (κ1) is 21.9. The van der Waals surface area contributed by atoms with E-state index in [2.05, 4.69) is 21.7 Å². The molecule has 9 nitrogen and oxygen atoms in total. The van der Waals surface area contributed by atoms with Crippen LogP contribution in [0.3, 0.4) is 0 Å². The zero-order valence-electron chi connectivity index (χ0n) is 18.6. The molecule has 0 bridgehead atoms. The van der Waals surface area contributed by atoms with Gasteiger partial charge in [0.2, 0.25) is 5.88 Å². The zero-order chi connectivity index (χ0) is 23.2. The number of nitrogens with one attached hydrogen (secondary N) is 1. The van der Waals surface area contributed by atoms with E-state index in [0.717, 1.165) is 28.2 Å². The highest BCUT2D eigenvalue weighted by Crippen LogP contribution is 2.39. The highest BCUT2D eigenvalue weighted by Gasteiger charge is 2.37. The summed E-state index contributed by atoms with van der Waals surface area (Å²) in [5.74, 6) is 0.477. The van der Waals surface area contributed by atoms with Gasteiger partial charge in [0.15, 0.2) is 0 Å². The van der Waals surface area contributed by atoms with Crippen molar-refractivity contribution < 1.29 is 4.74 Å². The second-order valence-corrected chi connectivity index (χ2v) is 10.7. The van der Waals surface area contributed by atoms with Gasteiger partial charge in [-0.2, -0.15) is 5.10 Å². The molecule has 0 saturated heterocycles. The predicted molar refractivity (Wildman–Crippen MR) is 129 cm³/mol. The number of thiophene rings is 1. The minimum absolute atomic E-state index is 0.147. The Balaban J connectivity index is 1.61. The van der Waals surface area contributed by atoms with Crippen molar-refractivity contribution in [1.82, 2.24) is 28.6 Å². The first-order valence-electron chi connectivity index (χ1n) is 10.5. The summed E-state index contributed by atoms with van der Waals surface area (Å²) in [6.45, 7) is 2.65. The van der Waals surface area contributed by atoms with E-state index in [4.69, 9.17) is 4.74 Å². The molecule has 0 amide bonds. The highest BCUT2D eigenvalue weighted by molar-refractivity contribution is 7.99. The Labute approximate surface area is 198 Å². The van der Waals surface area contributed by atoms with Crippen LogP contribution in [-0.4, -0.2) is 36.5 Å². The molecule has 5 rings (SSSR count). The van der Waals surface area contributed by atoms with Crippen LogP contribution in [0, 0.1) is 0 Å². The third-order valence-electron chi connectivity index (χ3n) is 5.72. The average Bonchev–Trinajstić information content (AvgIpc) is 3.19. The van der Waals surface area contributed by atoms with Crippen molar-refractivity contribution in [3.05, 3.63) is 68.8 Å². The summed E-state index contributed by atoms with van der Waals surface area (Å²) in [6, 6.07) is 5.53. The van der Waals surface area contributed by atoms with E-state index in [1.165, 1.54) is 27.9 Å².